The lowest BCUT2D eigenvalue weighted by molar-refractivity contribution is -0.160. The van der Waals surface area contributed by atoms with Gasteiger partial charge in [0.1, 0.15) is 5.60 Å². The molecule has 0 radical (unpaired) electrons. The molecule has 0 aromatic heterocycles. The molecule has 0 aromatic carbocycles. The van der Waals surface area contributed by atoms with Crippen molar-refractivity contribution in [2.24, 2.45) is 5.92 Å². The molecule has 1 rings (SSSR count). The Labute approximate surface area is 121 Å². The van der Waals surface area contributed by atoms with Gasteiger partial charge in [0, 0.05) is 6.92 Å². The van der Waals surface area contributed by atoms with Crippen molar-refractivity contribution < 1.29 is 13.9 Å². The van der Waals surface area contributed by atoms with Crippen LogP contribution in [0.1, 0.15) is 45.4 Å². The first-order valence-corrected chi connectivity index (χ1v) is 7.40. The number of carbonyl (C=O) groups excluding carboxylic acids is 1. The molecule has 0 aromatic rings. The molecule has 0 saturated carbocycles. The van der Waals surface area contributed by atoms with Gasteiger partial charge < -0.3 is 10.1 Å². The lowest BCUT2D eigenvalue weighted by atomic mass is 9.85. The largest absolute Gasteiger partial charge is 0.459 e. The molecule has 1 unspecified atom stereocenters. The Morgan fingerprint density at radius 2 is 2.20 bits per heavy atom. The van der Waals surface area contributed by atoms with Crippen LogP contribution in [0.15, 0.2) is 25.1 Å². The Hall–Kier alpha value is -1.16. The Balaban J connectivity index is 2.45. The monoisotopic (exact) mass is 283 g/mol. The quantitative estimate of drug-likeness (QED) is 0.547. The maximum atomic E-state index is 12.0. The lowest BCUT2D eigenvalue weighted by Crippen LogP contribution is -2.45. The van der Waals surface area contributed by atoms with E-state index in [2.05, 4.69) is 11.9 Å². The van der Waals surface area contributed by atoms with E-state index in [4.69, 9.17) is 4.74 Å². The van der Waals surface area contributed by atoms with Gasteiger partial charge in [-0.3, -0.25) is 4.79 Å². The van der Waals surface area contributed by atoms with Crippen molar-refractivity contribution in [1.82, 2.24) is 5.32 Å². The molecule has 1 fully saturated rings. The standard InChI is InChI=1S/C16H26FNO2/c1-3-15(7-5-11-17)6-4-8-16(20-14(2)19)9-12-18-13-10-16/h3,5,11,15,18H,1,4,6-10,12-13H2,2H3/b11-5+. The van der Waals surface area contributed by atoms with Crippen molar-refractivity contribution in [2.75, 3.05) is 13.1 Å². The molecule has 4 heteroatoms. The van der Waals surface area contributed by atoms with Crippen LogP contribution in [0.3, 0.4) is 0 Å². The summed E-state index contributed by atoms with van der Waals surface area (Å²) in [5.74, 6) is 0.0885. The lowest BCUT2D eigenvalue weighted by Gasteiger charge is -2.37. The van der Waals surface area contributed by atoms with E-state index >= 15 is 0 Å². The Bertz CT molecular complexity index is 335. The maximum absolute atomic E-state index is 12.0. The number of carbonyl (C=O) groups is 1. The smallest absolute Gasteiger partial charge is 0.303 e. The molecule has 0 bridgehead atoms. The number of allylic oxidation sites excluding steroid dienone is 2. The maximum Gasteiger partial charge on any atom is 0.303 e. The third-order valence-electron chi connectivity index (χ3n) is 3.94. The molecule has 1 N–H and O–H groups in total. The Kier molecular flexibility index (Phi) is 7.52. The van der Waals surface area contributed by atoms with Crippen LogP contribution in [-0.2, 0) is 9.53 Å². The number of rotatable bonds is 8. The molecule has 20 heavy (non-hydrogen) atoms. The number of ether oxygens (including phenoxy) is 1. The van der Waals surface area contributed by atoms with E-state index < -0.39 is 0 Å². The molecule has 114 valence electrons. The molecule has 0 spiro atoms. The van der Waals surface area contributed by atoms with Gasteiger partial charge in [0.15, 0.2) is 0 Å². The number of nitrogens with one attached hydrogen (secondary N) is 1. The van der Waals surface area contributed by atoms with E-state index in [1.54, 1.807) is 0 Å². The molecule has 0 amide bonds. The molecule has 1 saturated heterocycles. The first-order valence-electron chi connectivity index (χ1n) is 7.40. The molecular formula is C16H26FNO2. The van der Waals surface area contributed by atoms with Gasteiger partial charge in [-0.2, -0.15) is 0 Å². The summed E-state index contributed by atoms with van der Waals surface area (Å²) in [5.41, 5.74) is -0.307. The average molecular weight is 283 g/mol. The highest BCUT2D eigenvalue weighted by Crippen LogP contribution is 2.30. The van der Waals surface area contributed by atoms with Crippen LogP contribution in [0.25, 0.3) is 0 Å². The fraction of sp³-hybridized carbons (Fsp3) is 0.688. The molecule has 1 atom stereocenters. The second-order valence-electron chi connectivity index (χ2n) is 5.51. The SMILES string of the molecule is C=CC(C/C=C/F)CCCC1(OC(C)=O)CCNCC1. The van der Waals surface area contributed by atoms with Crippen molar-refractivity contribution in [3.05, 3.63) is 25.1 Å². The minimum absolute atomic E-state index is 0.201. The van der Waals surface area contributed by atoms with Gasteiger partial charge in [-0.05, 0) is 57.5 Å². The number of hydrogen-bond donors (Lipinski definition) is 1. The van der Waals surface area contributed by atoms with Crippen LogP contribution in [0.5, 0.6) is 0 Å². The molecule has 1 heterocycles. The second-order valence-corrected chi connectivity index (χ2v) is 5.51. The summed E-state index contributed by atoms with van der Waals surface area (Å²) in [5, 5.41) is 3.29. The zero-order valence-electron chi connectivity index (χ0n) is 12.4. The number of halogens is 1. The summed E-state index contributed by atoms with van der Waals surface area (Å²) in [6.07, 6.45) is 9.20. The molecule has 0 aliphatic carbocycles. The highest BCUT2D eigenvalue weighted by atomic mass is 19.1. The molecule has 1 aliphatic heterocycles. The van der Waals surface area contributed by atoms with Gasteiger partial charge in [0.25, 0.3) is 0 Å². The summed E-state index contributed by atoms with van der Waals surface area (Å²) >= 11 is 0. The van der Waals surface area contributed by atoms with E-state index in [1.807, 2.05) is 6.08 Å². The van der Waals surface area contributed by atoms with Crippen molar-refractivity contribution >= 4 is 5.97 Å². The minimum Gasteiger partial charge on any atom is -0.459 e. The first-order chi connectivity index (χ1) is 9.62. The zero-order valence-corrected chi connectivity index (χ0v) is 12.4. The number of hydrogen-bond acceptors (Lipinski definition) is 3. The predicted octanol–water partition coefficient (Wildman–Crippen LogP) is 3.52. The summed E-state index contributed by atoms with van der Waals surface area (Å²) in [6, 6.07) is 0. The second kappa shape index (κ2) is 8.90. The van der Waals surface area contributed by atoms with E-state index in [1.165, 1.54) is 13.0 Å². The first kappa shape index (κ1) is 16.9. The van der Waals surface area contributed by atoms with Gasteiger partial charge >= 0.3 is 5.97 Å². The third kappa shape index (κ3) is 5.87. The van der Waals surface area contributed by atoms with Crippen molar-refractivity contribution in [3.63, 3.8) is 0 Å². The highest BCUT2D eigenvalue weighted by Gasteiger charge is 2.34. The van der Waals surface area contributed by atoms with Crippen LogP contribution in [-0.4, -0.2) is 24.7 Å². The van der Waals surface area contributed by atoms with E-state index in [9.17, 15) is 9.18 Å². The summed E-state index contributed by atoms with van der Waals surface area (Å²) in [4.78, 5) is 11.3. The average Bonchev–Trinajstić information content (AvgIpc) is 2.43. The Morgan fingerprint density at radius 3 is 2.75 bits per heavy atom. The molecular weight excluding hydrogens is 257 g/mol. The molecule has 3 nitrogen and oxygen atoms in total. The predicted molar refractivity (Wildman–Crippen MR) is 79.0 cm³/mol. The zero-order chi connectivity index (χ0) is 14.8. The fourth-order valence-electron chi connectivity index (χ4n) is 2.83. The molecule has 1 aliphatic rings. The van der Waals surface area contributed by atoms with Gasteiger partial charge in [0.2, 0.25) is 0 Å². The number of esters is 1. The topological polar surface area (TPSA) is 38.3 Å². The van der Waals surface area contributed by atoms with Gasteiger partial charge in [-0.1, -0.05) is 12.2 Å². The van der Waals surface area contributed by atoms with E-state index in [0.29, 0.717) is 12.8 Å². The fourth-order valence-corrected chi connectivity index (χ4v) is 2.83. The Morgan fingerprint density at radius 1 is 1.50 bits per heavy atom. The number of piperidine rings is 1. The summed E-state index contributed by atoms with van der Waals surface area (Å²) < 4.78 is 17.6. The van der Waals surface area contributed by atoms with Crippen molar-refractivity contribution in [2.45, 2.75) is 51.0 Å². The third-order valence-corrected chi connectivity index (χ3v) is 3.94. The minimum atomic E-state index is -0.307. The van der Waals surface area contributed by atoms with Crippen molar-refractivity contribution in [3.8, 4) is 0 Å². The van der Waals surface area contributed by atoms with E-state index in [-0.39, 0.29) is 17.5 Å². The van der Waals surface area contributed by atoms with Crippen LogP contribution < -0.4 is 5.32 Å². The van der Waals surface area contributed by atoms with Gasteiger partial charge in [-0.25, -0.2) is 4.39 Å². The van der Waals surface area contributed by atoms with Gasteiger partial charge in [0.05, 0.1) is 6.33 Å². The summed E-state index contributed by atoms with van der Waals surface area (Å²) in [7, 11) is 0. The van der Waals surface area contributed by atoms with Crippen LogP contribution in [0.4, 0.5) is 4.39 Å². The van der Waals surface area contributed by atoms with E-state index in [0.717, 1.165) is 45.2 Å². The van der Waals surface area contributed by atoms with Crippen LogP contribution in [0, 0.1) is 5.92 Å². The van der Waals surface area contributed by atoms with Gasteiger partial charge in [-0.15, -0.1) is 6.58 Å². The van der Waals surface area contributed by atoms with Crippen molar-refractivity contribution in [1.29, 1.82) is 0 Å². The summed E-state index contributed by atoms with van der Waals surface area (Å²) in [6.45, 7) is 7.05. The van der Waals surface area contributed by atoms with Crippen LogP contribution in [0.2, 0.25) is 0 Å². The highest BCUT2D eigenvalue weighted by molar-refractivity contribution is 5.66. The normalized spacial score (nSPS) is 19.7. The van der Waals surface area contributed by atoms with Crippen LogP contribution >= 0.6 is 0 Å².